The van der Waals surface area contributed by atoms with Gasteiger partial charge in [-0.1, -0.05) is 18.2 Å². The van der Waals surface area contributed by atoms with E-state index in [0.717, 1.165) is 10.9 Å². The molecule has 0 spiro atoms. The highest BCUT2D eigenvalue weighted by Gasteiger charge is 2.32. The predicted octanol–water partition coefficient (Wildman–Crippen LogP) is -1.21. The fraction of sp³-hybridized carbons (Fsp3) is 0.385. The Morgan fingerprint density at radius 2 is 1.63 bits per heavy atom. The molecular formula is C26H33N7O8. The first kappa shape index (κ1) is 30.8. The van der Waals surface area contributed by atoms with Crippen molar-refractivity contribution < 1.29 is 39.3 Å². The molecule has 0 aliphatic carbocycles. The molecule has 3 aromatic rings. The molecule has 0 fully saturated rings. The maximum absolute atomic E-state index is 13.4. The van der Waals surface area contributed by atoms with E-state index in [9.17, 15) is 39.3 Å². The molecule has 41 heavy (non-hydrogen) atoms. The van der Waals surface area contributed by atoms with Crippen molar-refractivity contribution >= 4 is 40.6 Å². The summed E-state index contributed by atoms with van der Waals surface area (Å²) in [6.45, 7) is 1.19. The lowest BCUT2D eigenvalue weighted by molar-refractivity contribution is -0.145. The van der Waals surface area contributed by atoms with Crippen LogP contribution in [-0.2, 0) is 36.8 Å². The van der Waals surface area contributed by atoms with Gasteiger partial charge in [0, 0.05) is 48.3 Å². The van der Waals surface area contributed by atoms with Gasteiger partial charge in [0.1, 0.15) is 12.1 Å². The lowest BCUT2D eigenvalue weighted by Gasteiger charge is -2.25. The SMILES string of the molecule is CC(O)C(NC(=O)C(Cc1c[nH]c2ccccc12)NC(=O)C(CCC(=O)O)NC(=O)C(N)Cc1cnc[nH]1)C(=O)O. The van der Waals surface area contributed by atoms with Crippen LogP contribution >= 0.6 is 0 Å². The van der Waals surface area contributed by atoms with E-state index in [2.05, 4.69) is 30.9 Å². The fourth-order valence-electron chi connectivity index (χ4n) is 4.19. The molecular weight excluding hydrogens is 538 g/mol. The molecule has 2 heterocycles. The third-order valence-electron chi connectivity index (χ3n) is 6.39. The zero-order chi connectivity index (χ0) is 30.1. The second-order valence-electron chi connectivity index (χ2n) is 9.57. The number of para-hydroxylation sites is 1. The molecule has 5 atom stereocenters. The summed E-state index contributed by atoms with van der Waals surface area (Å²) in [4.78, 5) is 71.9. The number of H-pyrrole nitrogens is 2. The summed E-state index contributed by atoms with van der Waals surface area (Å²) in [6.07, 6.45) is 2.28. The lowest BCUT2D eigenvalue weighted by Crippen LogP contribution is -2.59. The van der Waals surface area contributed by atoms with Gasteiger partial charge in [0.05, 0.1) is 18.5 Å². The highest BCUT2D eigenvalue weighted by atomic mass is 16.4. The van der Waals surface area contributed by atoms with Crippen molar-refractivity contribution in [3.63, 3.8) is 0 Å². The molecule has 0 bridgehead atoms. The smallest absolute Gasteiger partial charge is 0.328 e. The number of carbonyl (C=O) groups is 5. The minimum absolute atomic E-state index is 0.0701. The molecule has 0 aliphatic heterocycles. The molecule has 0 saturated heterocycles. The monoisotopic (exact) mass is 571 g/mol. The molecule has 10 N–H and O–H groups in total. The van der Waals surface area contributed by atoms with Crippen molar-refractivity contribution in [3.8, 4) is 0 Å². The Morgan fingerprint density at radius 1 is 0.951 bits per heavy atom. The largest absolute Gasteiger partial charge is 0.481 e. The van der Waals surface area contributed by atoms with Crippen LogP contribution in [0.15, 0.2) is 43.0 Å². The van der Waals surface area contributed by atoms with Crippen molar-refractivity contribution in [2.75, 3.05) is 0 Å². The number of nitrogens with two attached hydrogens (primary N) is 1. The zero-order valence-electron chi connectivity index (χ0n) is 22.2. The Bertz CT molecular complexity index is 1370. The van der Waals surface area contributed by atoms with Crippen LogP contribution in [0.2, 0.25) is 0 Å². The van der Waals surface area contributed by atoms with Gasteiger partial charge in [-0.2, -0.15) is 0 Å². The number of hydrogen-bond donors (Lipinski definition) is 9. The first-order valence-corrected chi connectivity index (χ1v) is 12.8. The summed E-state index contributed by atoms with van der Waals surface area (Å²) in [5, 5.41) is 36.4. The van der Waals surface area contributed by atoms with Crippen LogP contribution in [0, 0.1) is 0 Å². The van der Waals surface area contributed by atoms with E-state index in [-0.39, 0.29) is 19.3 Å². The maximum atomic E-state index is 13.4. The van der Waals surface area contributed by atoms with E-state index in [0.29, 0.717) is 11.3 Å². The van der Waals surface area contributed by atoms with Crippen molar-refractivity contribution in [3.05, 3.63) is 54.2 Å². The number of fused-ring (bicyclic) bond motifs is 1. The molecule has 5 unspecified atom stereocenters. The number of carbonyl (C=O) groups excluding carboxylic acids is 3. The zero-order valence-corrected chi connectivity index (χ0v) is 22.2. The van der Waals surface area contributed by atoms with E-state index in [1.54, 1.807) is 24.4 Å². The Balaban J connectivity index is 1.83. The van der Waals surface area contributed by atoms with Gasteiger partial charge in [-0.3, -0.25) is 19.2 Å². The first-order valence-electron chi connectivity index (χ1n) is 12.8. The lowest BCUT2D eigenvalue weighted by atomic mass is 10.0. The van der Waals surface area contributed by atoms with E-state index in [4.69, 9.17) is 5.73 Å². The number of amides is 3. The number of aliphatic carboxylic acids is 2. The number of nitrogens with zero attached hydrogens (tertiary/aromatic N) is 1. The first-order chi connectivity index (χ1) is 19.5. The van der Waals surface area contributed by atoms with Gasteiger partial charge in [0.2, 0.25) is 17.7 Å². The molecule has 0 radical (unpaired) electrons. The molecule has 0 aliphatic rings. The molecule has 15 heteroatoms. The summed E-state index contributed by atoms with van der Waals surface area (Å²) < 4.78 is 0. The second-order valence-corrected chi connectivity index (χ2v) is 9.57. The van der Waals surface area contributed by atoms with E-state index < -0.39 is 66.4 Å². The topological polar surface area (TPSA) is 253 Å². The number of rotatable bonds is 15. The Morgan fingerprint density at radius 3 is 2.27 bits per heavy atom. The van der Waals surface area contributed by atoms with Crippen LogP contribution in [0.25, 0.3) is 10.9 Å². The van der Waals surface area contributed by atoms with E-state index in [1.807, 2.05) is 6.07 Å². The number of aliphatic hydroxyl groups is 1. The number of nitrogens with one attached hydrogen (secondary N) is 5. The summed E-state index contributed by atoms with van der Waals surface area (Å²) in [6, 6.07) is 1.71. The van der Waals surface area contributed by atoms with Crippen molar-refractivity contribution in [1.29, 1.82) is 0 Å². The van der Waals surface area contributed by atoms with Gasteiger partial charge in [-0.05, 0) is 25.0 Å². The van der Waals surface area contributed by atoms with Gasteiger partial charge in [-0.15, -0.1) is 0 Å². The molecule has 15 nitrogen and oxygen atoms in total. The average molecular weight is 572 g/mol. The highest BCUT2D eigenvalue weighted by Crippen LogP contribution is 2.19. The number of imidazole rings is 1. The summed E-state index contributed by atoms with van der Waals surface area (Å²) >= 11 is 0. The molecule has 1 aromatic carbocycles. The third kappa shape index (κ3) is 8.61. The fourth-order valence-corrected chi connectivity index (χ4v) is 4.19. The molecule has 3 amide bonds. The number of hydrogen-bond acceptors (Lipinski definition) is 8. The summed E-state index contributed by atoms with van der Waals surface area (Å²) in [5.41, 5.74) is 7.92. The number of carboxylic acids is 2. The maximum Gasteiger partial charge on any atom is 0.328 e. The van der Waals surface area contributed by atoms with Crippen molar-refractivity contribution in [1.82, 2.24) is 30.9 Å². The minimum atomic E-state index is -1.66. The number of aromatic amines is 2. The molecule has 2 aromatic heterocycles. The van der Waals surface area contributed by atoms with Crippen LogP contribution in [0.5, 0.6) is 0 Å². The van der Waals surface area contributed by atoms with Crippen LogP contribution in [0.3, 0.4) is 0 Å². The van der Waals surface area contributed by atoms with Gasteiger partial charge in [0.15, 0.2) is 6.04 Å². The number of aliphatic hydroxyl groups excluding tert-OH is 1. The summed E-state index contributed by atoms with van der Waals surface area (Å²) in [7, 11) is 0. The average Bonchev–Trinajstić information content (AvgIpc) is 3.58. The summed E-state index contributed by atoms with van der Waals surface area (Å²) in [5.74, 6) is -5.22. The van der Waals surface area contributed by atoms with Crippen LogP contribution in [0.4, 0.5) is 0 Å². The number of carboxylic acid groups (broad SMARTS) is 2. The normalized spacial score (nSPS) is 14.8. The molecule has 220 valence electrons. The van der Waals surface area contributed by atoms with Crippen molar-refractivity contribution in [2.45, 2.75) is 62.9 Å². The minimum Gasteiger partial charge on any atom is -0.481 e. The van der Waals surface area contributed by atoms with Crippen molar-refractivity contribution in [2.24, 2.45) is 5.73 Å². The van der Waals surface area contributed by atoms with Crippen LogP contribution < -0.4 is 21.7 Å². The molecule has 0 saturated carbocycles. The number of aromatic nitrogens is 3. The Labute approximate surface area is 233 Å². The third-order valence-corrected chi connectivity index (χ3v) is 6.39. The van der Waals surface area contributed by atoms with Gasteiger partial charge >= 0.3 is 11.9 Å². The van der Waals surface area contributed by atoms with Gasteiger partial charge in [0.25, 0.3) is 0 Å². The van der Waals surface area contributed by atoms with Gasteiger partial charge in [-0.25, -0.2) is 9.78 Å². The van der Waals surface area contributed by atoms with Gasteiger partial charge < -0.3 is 47.0 Å². The molecule has 3 rings (SSSR count). The highest BCUT2D eigenvalue weighted by molar-refractivity contribution is 5.95. The van der Waals surface area contributed by atoms with E-state index in [1.165, 1.54) is 19.4 Å². The second kappa shape index (κ2) is 14.0. The Kier molecular flexibility index (Phi) is 10.5. The van der Waals surface area contributed by atoms with Crippen LogP contribution in [-0.4, -0.2) is 90.2 Å². The van der Waals surface area contributed by atoms with E-state index >= 15 is 0 Å². The predicted molar refractivity (Wildman–Crippen MR) is 144 cm³/mol. The van der Waals surface area contributed by atoms with Crippen LogP contribution in [0.1, 0.15) is 31.0 Å². The quantitative estimate of drug-likeness (QED) is 0.105. The standard InChI is InChI=1S/C26H33N7O8/c1-13(34)22(26(40)41)33-25(39)20(8-14-10-29-18-5-3-2-4-16(14)18)32-24(38)19(6-7-21(35)36)31-23(37)17(27)9-15-11-28-12-30-15/h2-5,10-13,17,19-20,22,29,34H,6-9,27H2,1H3,(H,28,30)(H,31,37)(H,32,38)(H,33,39)(H,35,36)(H,40,41). The number of benzene rings is 1. The Hall–Kier alpha value is -4.76.